The molecular formula is C36H54N4O4. The summed E-state index contributed by atoms with van der Waals surface area (Å²) in [5.74, 6) is -2.15. The number of carbonyl (C=O) groups is 2. The van der Waals surface area contributed by atoms with Crippen molar-refractivity contribution < 1.29 is 19.8 Å². The summed E-state index contributed by atoms with van der Waals surface area (Å²) in [6, 6.07) is 19.5. The molecule has 242 valence electrons. The predicted octanol–water partition coefficient (Wildman–Crippen LogP) is 7.59. The summed E-state index contributed by atoms with van der Waals surface area (Å²) in [4.78, 5) is 31.1. The van der Waals surface area contributed by atoms with Crippen molar-refractivity contribution in [2.75, 3.05) is 13.1 Å². The first-order valence-corrected chi connectivity index (χ1v) is 15.9. The first kappa shape index (κ1) is 36.6. The van der Waals surface area contributed by atoms with E-state index in [9.17, 15) is 9.59 Å². The number of carboxylic acids is 2. The van der Waals surface area contributed by atoms with Crippen molar-refractivity contribution in [3.63, 3.8) is 0 Å². The van der Waals surface area contributed by atoms with Crippen molar-refractivity contribution in [3.8, 4) is 0 Å². The van der Waals surface area contributed by atoms with Crippen LogP contribution in [0.25, 0.3) is 21.8 Å². The van der Waals surface area contributed by atoms with E-state index >= 15 is 0 Å². The number of hydrogen-bond donors (Lipinski definition) is 4. The van der Waals surface area contributed by atoms with Crippen LogP contribution in [-0.2, 0) is 22.4 Å². The van der Waals surface area contributed by atoms with Gasteiger partial charge in [-0.05, 0) is 91.5 Å². The molecule has 0 atom stereocenters. The maximum atomic E-state index is 9.64. The number of benzene rings is 2. The van der Waals surface area contributed by atoms with E-state index < -0.39 is 11.9 Å². The highest BCUT2D eigenvalue weighted by Gasteiger charge is 2.15. The summed E-state index contributed by atoms with van der Waals surface area (Å²) in [6.07, 6.45) is 5.94. The lowest BCUT2D eigenvalue weighted by molar-refractivity contribution is -0.143. The number of H-pyrrole nitrogens is 2. The molecule has 0 spiro atoms. The highest BCUT2D eigenvalue weighted by atomic mass is 16.4. The molecule has 0 saturated carbocycles. The van der Waals surface area contributed by atoms with Crippen molar-refractivity contribution in [3.05, 3.63) is 72.1 Å². The van der Waals surface area contributed by atoms with Crippen LogP contribution in [0.2, 0.25) is 0 Å². The van der Waals surface area contributed by atoms with Crippen LogP contribution in [-0.4, -0.2) is 79.2 Å². The second-order valence-electron chi connectivity index (χ2n) is 12.4. The maximum Gasteiger partial charge on any atom is 0.303 e. The van der Waals surface area contributed by atoms with Crippen LogP contribution in [0.5, 0.6) is 0 Å². The van der Waals surface area contributed by atoms with Crippen LogP contribution >= 0.6 is 0 Å². The first-order chi connectivity index (χ1) is 20.8. The minimum atomic E-state index is -1.08. The number of rotatable bonds is 13. The van der Waals surface area contributed by atoms with E-state index in [1.807, 2.05) is 0 Å². The van der Waals surface area contributed by atoms with Gasteiger partial charge < -0.3 is 20.2 Å². The highest BCUT2D eigenvalue weighted by Crippen LogP contribution is 2.20. The fourth-order valence-electron chi connectivity index (χ4n) is 5.62. The standard InChI is InChI=1S/2C16H24N2.C4H6O4/c2*1-12(2)18(13(3)4)10-9-14-11-17-16-8-6-5-7-15(14)16;5-3(6)1-2-4(7)8/h2*5-8,11-13,17H,9-10H2,1-4H3;1-2H2,(H,5,6)(H,7,8). The maximum absolute atomic E-state index is 9.64. The second kappa shape index (κ2) is 18.2. The van der Waals surface area contributed by atoms with Gasteiger partial charge in [0.25, 0.3) is 0 Å². The Kier molecular flexibility index (Phi) is 15.2. The molecule has 0 aliphatic rings. The third-order valence-electron chi connectivity index (χ3n) is 7.83. The first-order valence-electron chi connectivity index (χ1n) is 15.9. The van der Waals surface area contributed by atoms with Crippen molar-refractivity contribution >= 4 is 33.7 Å². The molecule has 0 bridgehead atoms. The van der Waals surface area contributed by atoms with Gasteiger partial charge in [-0.15, -0.1) is 0 Å². The molecule has 4 N–H and O–H groups in total. The highest BCUT2D eigenvalue weighted by molar-refractivity contribution is 5.83. The zero-order valence-electron chi connectivity index (χ0n) is 27.9. The van der Waals surface area contributed by atoms with Gasteiger partial charge in [-0.25, -0.2) is 0 Å². The molecule has 4 aromatic rings. The normalized spacial score (nSPS) is 11.5. The van der Waals surface area contributed by atoms with Crippen molar-refractivity contribution in [2.45, 2.75) is 105 Å². The van der Waals surface area contributed by atoms with E-state index in [2.05, 4.69) is 136 Å². The number of aromatic amines is 2. The molecule has 0 saturated heterocycles. The summed E-state index contributed by atoms with van der Waals surface area (Å²) in [6.45, 7) is 20.4. The third kappa shape index (κ3) is 11.8. The van der Waals surface area contributed by atoms with E-state index in [0.29, 0.717) is 24.2 Å². The zero-order chi connectivity index (χ0) is 32.8. The number of aromatic nitrogens is 2. The molecule has 0 aliphatic carbocycles. The van der Waals surface area contributed by atoms with E-state index in [-0.39, 0.29) is 12.8 Å². The summed E-state index contributed by atoms with van der Waals surface area (Å²) < 4.78 is 0. The summed E-state index contributed by atoms with van der Waals surface area (Å²) >= 11 is 0. The van der Waals surface area contributed by atoms with E-state index in [0.717, 1.165) is 25.9 Å². The van der Waals surface area contributed by atoms with Crippen LogP contribution in [0.3, 0.4) is 0 Å². The van der Waals surface area contributed by atoms with Crippen molar-refractivity contribution in [2.24, 2.45) is 0 Å². The minimum absolute atomic E-state index is 0.296. The third-order valence-corrected chi connectivity index (χ3v) is 7.83. The van der Waals surface area contributed by atoms with Gasteiger partial charge in [-0.2, -0.15) is 0 Å². The molecule has 0 radical (unpaired) electrons. The molecule has 8 nitrogen and oxygen atoms in total. The lowest BCUT2D eigenvalue weighted by atomic mass is 10.1. The molecule has 0 aliphatic heterocycles. The van der Waals surface area contributed by atoms with Crippen molar-refractivity contribution in [1.82, 2.24) is 19.8 Å². The van der Waals surface area contributed by atoms with Gasteiger partial charge in [-0.3, -0.25) is 19.4 Å². The Morgan fingerprint density at radius 2 is 0.909 bits per heavy atom. The Labute approximate surface area is 263 Å². The number of carboxylic acid groups (broad SMARTS) is 2. The van der Waals surface area contributed by atoms with Crippen LogP contribution in [0.1, 0.15) is 79.4 Å². The van der Waals surface area contributed by atoms with Crippen molar-refractivity contribution in [1.29, 1.82) is 0 Å². The molecule has 4 rings (SSSR count). The van der Waals surface area contributed by atoms with Gasteiger partial charge in [0, 0.05) is 71.5 Å². The molecule has 2 aromatic carbocycles. The molecule has 2 aromatic heterocycles. The molecule has 0 fully saturated rings. The smallest absolute Gasteiger partial charge is 0.303 e. The average Bonchev–Trinajstić information content (AvgIpc) is 3.56. The number of hydrogen-bond acceptors (Lipinski definition) is 4. The predicted molar refractivity (Wildman–Crippen MR) is 182 cm³/mol. The van der Waals surface area contributed by atoms with Gasteiger partial charge in [0.05, 0.1) is 12.8 Å². The molecule has 8 heteroatoms. The number of nitrogens with one attached hydrogen (secondary N) is 2. The number of nitrogens with zero attached hydrogens (tertiary/aromatic N) is 2. The monoisotopic (exact) mass is 606 g/mol. The Morgan fingerprint density at radius 1 is 0.591 bits per heavy atom. The number of aliphatic carboxylic acids is 2. The van der Waals surface area contributed by atoms with E-state index in [4.69, 9.17) is 10.2 Å². The summed E-state index contributed by atoms with van der Waals surface area (Å²) in [5, 5.41) is 18.5. The lowest BCUT2D eigenvalue weighted by Crippen LogP contribution is -2.38. The Hall–Kier alpha value is -3.62. The average molecular weight is 607 g/mol. The fraction of sp³-hybridized carbons (Fsp3) is 0.500. The van der Waals surface area contributed by atoms with Gasteiger partial charge in [0.1, 0.15) is 0 Å². The fourth-order valence-corrected chi connectivity index (χ4v) is 5.62. The largest absolute Gasteiger partial charge is 0.481 e. The molecular weight excluding hydrogens is 552 g/mol. The Balaban J connectivity index is 0.000000248. The molecule has 0 unspecified atom stereocenters. The minimum Gasteiger partial charge on any atom is -0.481 e. The second-order valence-corrected chi connectivity index (χ2v) is 12.4. The molecule has 44 heavy (non-hydrogen) atoms. The summed E-state index contributed by atoms with van der Waals surface area (Å²) in [7, 11) is 0. The quantitative estimate of drug-likeness (QED) is 0.125. The topological polar surface area (TPSA) is 113 Å². The van der Waals surface area contributed by atoms with Crippen LogP contribution in [0, 0.1) is 0 Å². The Morgan fingerprint density at radius 3 is 1.20 bits per heavy atom. The van der Waals surface area contributed by atoms with Crippen LogP contribution < -0.4 is 0 Å². The van der Waals surface area contributed by atoms with Crippen LogP contribution in [0.15, 0.2) is 60.9 Å². The summed E-state index contributed by atoms with van der Waals surface area (Å²) in [5.41, 5.74) is 5.34. The van der Waals surface area contributed by atoms with E-state index in [1.165, 1.54) is 32.9 Å². The van der Waals surface area contributed by atoms with Gasteiger partial charge >= 0.3 is 11.9 Å². The van der Waals surface area contributed by atoms with E-state index in [1.54, 1.807) is 0 Å². The lowest BCUT2D eigenvalue weighted by Gasteiger charge is -2.30. The number of para-hydroxylation sites is 2. The zero-order valence-corrected chi connectivity index (χ0v) is 27.9. The van der Waals surface area contributed by atoms with Gasteiger partial charge in [-0.1, -0.05) is 36.4 Å². The number of fused-ring (bicyclic) bond motifs is 2. The SMILES string of the molecule is CC(C)N(CCc1c[nH]c2ccccc12)C(C)C.CC(C)N(CCc1c[nH]c2ccccc12)C(C)C.O=C(O)CCC(=O)O. The van der Waals surface area contributed by atoms with Gasteiger partial charge in [0.2, 0.25) is 0 Å². The van der Waals surface area contributed by atoms with Crippen LogP contribution in [0.4, 0.5) is 0 Å². The van der Waals surface area contributed by atoms with Gasteiger partial charge in [0.15, 0.2) is 0 Å². The molecule has 2 heterocycles. The Bertz CT molecular complexity index is 1300. The molecule has 0 amide bonds.